The Balaban J connectivity index is 1.09. The molecule has 4 aliphatic rings. The molecular formula is C41H59FN2O7. The van der Waals surface area contributed by atoms with E-state index in [-0.39, 0.29) is 66.6 Å². The third-order valence-electron chi connectivity index (χ3n) is 12.4. The number of esters is 1. The Morgan fingerprint density at radius 2 is 1.69 bits per heavy atom. The molecule has 6 rings (SSSR count). The Bertz CT molecular complexity index is 1470. The smallest absolute Gasteiger partial charge is 0.374 e. The lowest BCUT2D eigenvalue weighted by molar-refractivity contribution is -0.143. The maximum atomic E-state index is 14.3. The number of furan rings is 1. The van der Waals surface area contributed by atoms with Gasteiger partial charge in [-0.05, 0) is 125 Å². The van der Waals surface area contributed by atoms with E-state index in [0.717, 1.165) is 94.8 Å². The predicted molar refractivity (Wildman–Crippen MR) is 193 cm³/mol. The van der Waals surface area contributed by atoms with Crippen LogP contribution in [-0.4, -0.2) is 98.4 Å². The second-order valence-corrected chi connectivity index (χ2v) is 16.1. The van der Waals surface area contributed by atoms with Crippen molar-refractivity contribution in [3.05, 3.63) is 35.6 Å². The number of Topliss-reactive ketones (excluding diaryl/α,β-unsaturated/α-hetero) is 1. The molecule has 2 aromatic rings. The topological polar surface area (TPSA) is 98.5 Å². The van der Waals surface area contributed by atoms with Gasteiger partial charge in [0.05, 0.1) is 37.6 Å². The number of carbonyl (C=O) groups excluding carboxylic acids is 3. The molecule has 2 aliphatic carbocycles. The number of amides is 1. The molecule has 1 amide bonds. The molecule has 0 N–H and O–H groups in total. The molecule has 1 aromatic heterocycles. The Labute approximate surface area is 302 Å². The van der Waals surface area contributed by atoms with E-state index in [0.29, 0.717) is 30.6 Å². The van der Waals surface area contributed by atoms with Crippen molar-refractivity contribution in [2.45, 2.75) is 116 Å². The van der Waals surface area contributed by atoms with Crippen LogP contribution in [0.2, 0.25) is 0 Å². The van der Waals surface area contributed by atoms with Crippen LogP contribution in [0.3, 0.4) is 0 Å². The number of halogens is 1. The van der Waals surface area contributed by atoms with Crippen LogP contribution in [0.5, 0.6) is 0 Å². The Kier molecular flexibility index (Phi) is 12.9. The van der Waals surface area contributed by atoms with Crippen molar-refractivity contribution in [2.24, 2.45) is 29.6 Å². The van der Waals surface area contributed by atoms with Gasteiger partial charge in [-0.1, -0.05) is 13.0 Å². The average Bonchev–Trinajstić information content (AvgIpc) is 3.77. The number of ketones is 1. The zero-order valence-electron chi connectivity index (χ0n) is 31.2. The average molecular weight is 711 g/mol. The summed E-state index contributed by atoms with van der Waals surface area (Å²) >= 11 is 0. The van der Waals surface area contributed by atoms with Gasteiger partial charge in [-0.15, -0.1) is 0 Å². The van der Waals surface area contributed by atoms with E-state index in [1.807, 2.05) is 30.0 Å². The van der Waals surface area contributed by atoms with Crippen LogP contribution in [0, 0.1) is 29.6 Å². The highest BCUT2D eigenvalue weighted by molar-refractivity contribution is 5.94. The molecule has 0 spiro atoms. The number of methoxy groups -OCH3 is 1. The molecule has 2 saturated carbocycles. The van der Waals surface area contributed by atoms with Crippen molar-refractivity contribution >= 4 is 28.6 Å². The van der Waals surface area contributed by atoms with Gasteiger partial charge in [0.25, 0.3) is 0 Å². The van der Waals surface area contributed by atoms with Gasteiger partial charge < -0.3 is 23.5 Å². The largest absolute Gasteiger partial charge is 0.460 e. The zero-order valence-corrected chi connectivity index (χ0v) is 31.2. The molecule has 0 unspecified atom stereocenters. The second-order valence-electron chi connectivity index (χ2n) is 16.1. The van der Waals surface area contributed by atoms with Crippen molar-refractivity contribution in [2.75, 3.05) is 46.6 Å². The molecule has 2 aliphatic heterocycles. The van der Waals surface area contributed by atoms with Crippen LogP contribution in [0.1, 0.15) is 101 Å². The summed E-state index contributed by atoms with van der Waals surface area (Å²) in [4.78, 5) is 45.6. The van der Waals surface area contributed by atoms with Gasteiger partial charge >= 0.3 is 5.97 Å². The van der Waals surface area contributed by atoms with E-state index in [9.17, 15) is 18.8 Å². The number of alkyl halides is 1. The first-order valence-corrected chi connectivity index (χ1v) is 19.6. The minimum absolute atomic E-state index is 0.0295. The summed E-state index contributed by atoms with van der Waals surface area (Å²) in [6.45, 7) is 9.31. The minimum Gasteiger partial charge on any atom is -0.460 e. The van der Waals surface area contributed by atoms with Gasteiger partial charge in [0, 0.05) is 51.0 Å². The number of rotatable bonds is 13. The summed E-state index contributed by atoms with van der Waals surface area (Å²) in [6.07, 6.45) is 9.69. The minimum atomic E-state index is -0.494. The molecule has 282 valence electrons. The predicted octanol–water partition coefficient (Wildman–Crippen LogP) is 7.03. The van der Waals surface area contributed by atoms with Gasteiger partial charge in [0.2, 0.25) is 11.7 Å². The number of hydrogen-bond acceptors (Lipinski definition) is 8. The summed E-state index contributed by atoms with van der Waals surface area (Å²) in [5, 5.41) is 0.747. The number of morpholine rings is 1. The van der Waals surface area contributed by atoms with Crippen LogP contribution in [-0.2, 0) is 30.2 Å². The normalized spacial score (nSPS) is 31.1. The number of fused-ring (bicyclic) bond motifs is 1. The first-order chi connectivity index (χ1) is 24.6. The maximum Gasteiger partial charge on any atom is 0.374 e. The SMILES string of the molecule is COC1CCC([C@@H]2CCN(C(=O)C3CCC([C@H](C)CF)CC3)[C@@H]2C(=O)Cc2ccc3oc(C(=O)OCCCN4C[C@@H](C)O[C@@H](C)C4)cc3c2)CC1. The highest BCUT2D eigenvalue weighted by atomic mass is 19.1. The van der Waals surface area contributed by atoms with Gasteiger partial charge in [-0.2, -0.15) is 0 Å². The van der Waals surface area contributed by atoms with E-state index in [1.54, 1.807) is 13.2 Å². The molecule has 2 saturated heterocycles. The number of hydrogen-bond donors (Lipinski definition) is 0. The molecule has 4 fully saturated rings. The third kappa shape index (κ3) is 9.22. The maximum absolute atomic E-state index is 14.3. The van der Waals surface area contributed by atoms with E-state index in [1.165, 1.54) is 0 Å². The molecule has 3 heterocycles. The molecule has 9 nitrogen and oxygen atoms in total. The number of nitrogens with zero attached hydrogens (tertiary/aromatic N) is 2. The van der Waals surface area contributed by atoms with Crippen molar-refractivity contribution in [3.8, 4) is 0 Å². The Hall–Kier alpha value is -2.82. The van der Waals surface area contributed by atoms with E-state index < -0.39 is 12.0 Å². The first kappa shape index (κ1) is 37.9. The lowest BCUT2D eigenvalue weighted by atomic mass is 9.74. The lowest BCUT2D eigenvalue weighted by Crippen LogP contribution is -2.48. The molecule has 10 heteroatoms. The monoisotopic (exact) mass is 710 g/mol. The summed E-state index contributed by atoms with van der Waals surface area (Å²) in [5.41, 5.74) is 1.40. The van der Waals surface area contributed by atoms with Crippen LogP contribution in [0.25, 0.3) is 11.0 Å². The van der Waals surface area contributed by atoms with Crippen LogP contribution < -0.4 is 0 Å². The van der Waals surface area contributed by atoms with Gasteiger partial charge in [-0.3, -0.25) is 18.9 Å². The van der Waals surface area contributed by atoms with Gasteiger partial charge in [0.1, 0.15) is 5.58 Å². The lowest BCUT2D eigenvalue weighted by Gasteiger charge is -2.37. The summed E-state index contributed by atoms with van der Waals surface area (Å²) in [5.74, 6) is 0.615. The van der Waals surface area contributed by atoms with Crippen LogP contribution >= 0.6 is 0 Å². The van der Waals surface area contributed by atoms with Crippen molar-refractivity contribution in [3.63, 3.8) is 0 Å². The standard InChI is InChI=1S/C41H59FN2O7/c1-26(23-42)30-7-9-32(10-8-30)40(46)44-18-16-35(31-11-13-34(48-4)14-12-31)39(44)36(45)21-29-6-15-37-33(20-29)22-38(51-37)41(47)49-19-5-17-43-24-27(2)50-28(3)25-43/h6,15,20,22,26-28,30-32,34-35,39H,5,7-14,16-19,21,23-25H2,1-4H3/t26-,27-,28+,30?,31?,32?,34?,35+,39+/m1/s1. The zero-order chi connectivity index (χ0) is 36.1. The molecule has 0 bridgehead atoms. The Morgan fingerprint density at radius 1 is 0.961 bits per heavy atom. The van der Waals surface area contributed by atoms with E-state index in [2.05, 4.69) is 18.7 Å². The van der Waals surface area contributed by atoms with Crippen molar-refractivity contribution < 1.29 is 37.4 Å². The Morgan fingerprint density at radius 3 is 2.37 bits per heavy atom. The second kappa shape index (κ2) is 17.3. The molecule has 5 atom stereocenters. The number of carbonyl (C=O) groups is 3. The van der Waals surface area contributed by atoms with Crippen LogP contribution in [0.15, 0.2) is 28.7 Å². The number of likely N-dealkylation sites (tertiary alicyclic amines) is 1. The summed E-state index contributed by atoms with van der Waals surface area (Å²) < 4.78 is 36.2. The van der Waals surface area contributed by atoms with Crippen molar-refractivity contribution in [1.82, 2.24) is 9.80 Å². The van der Waals surface area contributed by atoms with Gasteiger partial charge in [0.15, 0.2) is 5.78 Å². The molecule has 1 aromatic carbocycles. The van der Waals surface area contributed by atoms with Gasteiger partial charge in [-0.25, -0.2) is 4.79 Å². The molecule has 0 radical (unpaired) electrons. The highest BCUT2D eigenvalue weighted by Crippen LogP contribution is 2.42. The highest BCUT2D eigenvalue weighted by Gasteiger charge is 2.47. The third-order valence-corrected chi connectivity index (χ3v) is 12.4. The van der Waals surface area contributed by atoms with Crippen LogP contribution in [0.4, 0.5) is 4.39 Å². The van der Waals surface area contributed by atoms with E-state index in [4.69, 9.17) is 18.6 Å². The first-order valence-electron chi connectivity index (χ1n) is 19.6. The fourth-order valence-electron chi connectivity index (χ4n) is 9.62. The molecule has 51 heavy (non-hydrogen) atoms. The summed E-state index contributed by atoms with van der Waals surface area (Å²) in [7, 11) is 1.77. The fraction of sp³-hybridized carbons (Fsp3) is 0.732. The number of benzene rings is 1. The number of ether oxygens (including phenoxy) is 3. The fourth-order valence-corrected chi connectivity index (χ4v) is 9.62. The molecular weight excluding hydrogens is 651 g/mol. The quantitative estimate of drug-likeness (QED) is 0.161. The van der Waals surface area contributed by atoms with Crippen molar-refractivity contribution in [1.29, 1.82) is 0 Å². The van der Waals surface area contributed by atoms with E-state index >= 15 is 0 Å². The summed E-state index contributed by atoms with van der Waals surface area (Å²) in [6, 6.07) is 6.86.